The monoisotopic (exact) mass is 538 g/mol. The minimum absolute atomic E-state index is 0.0342. The van der Waals surface area contributed by atoms with E-state index in [0.717, 1.165) is 11.6 Å². The van der Waals surface area contributed by atoms with Crippen LogP contribution in [0.2, 0.25) is 0 Å². The third-order valence-electron chi connectivity index (χ3n) is 7.38. The van der Waals surface area contributed by atoms with Gasteiger partial charge in [0.2, 0.25) is 0 Å². The van der Waals surface area contributed by atoms with Crippen molar-refractivity contribution in [2.24, 2.45) is 0 Å². The summed E-state index contributed by atoms with van der Waals surface area (Å²) >= 11 is 0. The third-order valence-corrected chi connectivity index (χ3v) is 7.38. The molecule has 0 aliphatic carbocycles. The number of aromatic nitrogens is 5. The van der Waals surface area contributed by atoms with Crippen LogP contribution < -0.4 is 9.64 Å². The van der Waals surface area contributed by atoms with Crippen LogP contribution in [0.3, 0.4) is 0 Å². The third kappa shape index (κ3) is 5.28. The molecular formula is C28H32F2N6O3. The van der Waals surface area contributed by atoms with Crippen molar-refractivity contribution in [3.63, 3.8) is 0 Å². The van der Waals surface area contributed by atoms with Crippen LogP contribution in [0, 0.1) is 11.6 Å². The number of benzene rings is 1. The molecule has 0 spiro atoms. The molecule has 1 saturated heterocycles. The van der Waals surface area contributed by atoms with Gasteiger partial charge in [0.05, 0.1) is 29.2 Å². The Hall–Kier alpha value is -3.70. The van der Waals surface area contributed by atoms with E-state index in [-0.39, 0.29) is 17.5 Å². The Kier molecular flexibility index (Phi) is 6.98. The summed E-state index contributed by atoms with van der Waals surface area (Å²) in [4.78, 5) is 16.3. The van der Waals surface area contributed by atoms with Crippen molar-refractivity contribution >= 4 is 16.9 Å². The Morgan fingerprint density at radius 1 is 1.03 bits per heavy atom. The summed E-state index contributed by atoms with van der Waals surface area (Å²) in [7, 11) is 0. The van der Waals surface area contributed by atoms with E-state index in [1.54, 1.807) is 18.5 Å². The molecule has 5 rings (SSSR count). The van der Waals surface area contributed by atoms with Gasteiger partial charge in [-0.3, -0.25) is 9.67 Å². The average molecular weight is 539 g/mol. The highest BCUT2D eigenvalue weighted by Gasteiger charge is 2.41. The number of aryl methyl sites for hydroxylation is 1. The molecule has 3 aromatic heterocycles. The largest absolute Gasteiger partial charge is 0.487 e. The van der Waals surface area contributed by atoms with Gasteiger partial charge in [0.1, 0.15) is 28.7 Å². The minimum Gasteiger partial charge on any atom is -0.487 e. The second-order valence-electron chi connectivity index (χ2n) is 10.5. The maximum Gasteiger partial charge on any atom is 0.167 e. The second kappa shape index (κ2) is 10.1. The maximum absolute atomic E-state index is 14.1. The molecule has 4 aromatic rings. The van der Waals surface area contributed by atoms with Gasteiger partial charge in [-0.1, -0.05) is 0 Å². The fourth-order valence-electron chi connectivity index (χ4n) is 4.54. The lowest BCUT2D eigenvalue weighted by Gasteiger charge is -2.35. The van der Waals surface area contributed by atoms with Crippen molar-refractivity contribution in [3.8, 4) is 17.0 Å². The minimum atomic E-state index is -1.62. The number of halogens is 2. The summed E-state index contributed by atoms with van der Waals surface area (Å²) in [5, 5.41) is 25.9. The lowest BCUT2D eigenvalue weighted by molar-refractivity contribution is -0.127. The molecule has 0 radical (unpaired) electrons. The molecule has 0 saturated carbocycles. The molecular weight excluding hydrogens is 506 g/mol. The lowest BCUT2D eigenvalue weighted by atomic mass is 9.84. The van der Waals surface area contributed by atoms with Gasteiger partial charge in [-0.15, -0.1) is 0 Å². The number of piperidine rings is 1. The van der Waals surface area contributed by atoms with Gasteiger partial charge in [-0.05, 0) is 45.9 Å². The summed E-state index contributed by atoms with van der Waals surface area (Å²) in [5.74, 6) is -0.693. The van der Waals surface area contributed by atoms with E-state index in [9.17, 15) is 19.0 Å². The Morgan fingerprint density at radius 3 is 2.41 bits per heavy atom. The molecule has 206 valence electrons. The average Bonchev–Trinajstić information content (AvgIpc) is 3.38. The number of anilines is 1. The van der Waals surface area contributed by atoms with E-state index in [1.807, 2.05) is 17.8 Å². The zero-order chi connectivity index (χ0) is 27.9. The van der Waals surface area contributed by atoms with E-state index in [4.69, 9.17) is 14.7 Å². The van der Waals surface area contributed by atoms with E-state index >= 15 is 0 Å². The maximum atomic E-state index is 14.1. The number of hydrogen-bond donors (Lipinski definition) is 2. The fraction of sp³-hybridized carbons (Fsp3) is 0.429. The number of nitrogens with zero attached hydrogens (tertiary/aromatic N) is 6. The number of pyridine rings is 1. The number of ether oxygens (including phenoxy) is 1. The van der Waals surface area contributed by atoms with Crippen LogP contribution in [-0.2, 0) is 12.1 Å². The first-order valence-electron chi connectivity index (χ1n) is 13.0. The van der Waals surface area contributed by atoms with Crippen molar-refractivity contribution in [1.29, 1.82) is 0 Å². The van der Waals surface area contributed by atoms with E-state index in [1.165, 1.54) is 32.9 Å². The van der Waals surface area contributed by atoms with Crippen molar-refractivity contribution in [2.75, 3.05) is 18.0 Å². The van der Waals surface area contributed by atoms with Crippen molar-refractivity contribution in [2.45, 2.75) is 64.4 Å². The molecule has 0 amide bonds. The first-order valence-corrected chi connectivity index (χ1v) is 13.0. The van der Waals surface area contributed by atoms with Crippen LogP contribution in [0.25, 0.3) is 22.3 Å². The Labute approximate surface area is 225 Å². The highest BCUT2D eigenvalue weighted by molar-refractivity contribution is 5.83. The lowest BCUT2D eigenvalue weighted by Crippen LogP contribution is -2.45. The molecule has 9 nitrogen and oxygen atoms in total. The molecule has 2 N–H and O–H groups in total. The topological polar surface area (TPSA) is 109 Å². The van der Waals surface area contributed by atoms with Crippen molar-refractivity contribution in [1.82, 2.24) is 24.7 Å². The van der Waals surface area contributed by atoms with Crippen molar-refractivity contribution in [3.05, 3.63) is 60.2 Å². The predicted octanol–water partition coefficient (Wildman–Crippen LogP) is 4.21. The molecule has 1 aliphatic rings. The molecule has 0 bridgehead atoms. The first-order chi connectivity index (χ1) is 18.5. The predicted molar refractivity (Wildman–Crippen MR) is 142 cm³/mol. The zero-order valence-corrected chi connectivity index (χ0v) is 22.4. The van der Waals surface area contributed by atoms with Crippen LogP contribution in [0.4, 0.5) is 14.6 Å². The molecule has 1 fully saturated rings. The van der Waals surface area contributed by atoms with Crippen LogP contribution >= 0.6 is 0 Å². The Balaban J connectivity index is 1.48. The molecule has 1 aliphatic heterocycles. The zero-order valence-electron chi connectivity index (χ0n) is 22.4. The van der Waals surface area contributed by atoms with E-state index in [0.29, 0.717) is 55.0 Å². The Morgan fingerprint density at radius 2 is 1.77 bits per heavy atom. The molecule has 39 heavy (non-hydrogen) atoms. The van der Waals surface area contributed by atoms with Gasteiger partial charge in [0.25, 0.3) is 0 Å². The smallest absolute Gasteiger partial charge is 0.167 e. The van der Waals surface area contributed by atoms with Gasteiger partial charge in [0.15, 0.2) is 17.4 Å². The first kappa shape index (κ1) is 26.9. The summed E-state index contributed by atoms with van der Waals surface area (Å²) in [5.41, 5.74) is -0.255. The van der Waals surface area contributed by atoms with Crippen LogP contribution in [0.15, 0.2) is 42.9 Å². The summed E-state index contributed by atoms with van der Waals surface area (Å²) in [6, 6.07) is 4.95. The SMILES string of the molecule is CCn1cc(-c2nc3cnc([C@@](C)(O)C(C)(C)O)cc3nc2N2CCC(Oc3ccc(F)cc3F)CC2)cn1. The highest BCUT2D eigenvalue weighted by Crippen LogP contribution is 2.35. The normalized spacial score (nSPS) is 16.5. The van der Waals surface area contributed by atoms with Gasteiger partial charge >= 0.3 is 0 Å². The molecule has 4 heterocycles. The summed E-state index contributed by atoms with van der Waals surface area (Å²) < 4.78 is 35.0. The van der Waals surface area contributed by atoms with E-state index in [2.05, 4.69) is 15.0 Å². The van der Waals surface area contributed by atoms with Crippen LogP contribution in [0.1, 0.15) is 46.2 Å². The molecule has 0 unspecified atom stereocenters. The summed E-state index contributed by atoms with van der Waals surface area (Å²) in [6.45, 7) is 8.40. The van der Waals surface area contributed by atoms with Gasteiger partial charge < -0.3 is 19.8 Å². The fourth-order valence-corrected chi connectivity index (χ4v) is 4.54. The van der Waals surface area contributed by atoms with E-state index < -0.39 is 22.8 Å². The number of hydrogen-bond acceptors (Lipinski definition) is 8. The highest BCUT2D eigenvalue weighted by atomic mass is 19.1. The van der Waals surface area contributed by atoms with Gasteiger partial charge in [-0.2, -0.15) is 5.10 Å². The standard InChI is InChI=1S/C28H32F2N6O3/c1-5-36-16-17(14-32-36)25-26(34-21-13-24(31-15-22(21)33-25)28(4,38)27(2,3)37)35-10-8-19(9-11-35)39-23-7-6-18(29)12-20(23)30/h6-7,12-16,19,37-38H,5,8-11H2,1-4H3/t28-/m1/s1. The molecule has 1 aromatic carbocycles. The molecule has 11 heteroatoms. The Bertz CT molecular complexity index is 1490. The van der Waals surface area contributed by atoms with Gasteiger partial charge in [-0.25, -0.2) is 18.7 Å². The number of fused-ring (bicyclic) bond motifs is 1. The molecule has 1 atom stereocenters. The number of rotatable bonds is 7. The van der Waals surface area contributed by atoms with Crippen molar-refractivity contribution < 1.29 is 23.7 Å². The summed E-state index contributed by atoms with van der Waals surface area (Å²) in [6.07, 6.45) is 6.16. The number of aliphatic hydroxyl groups is 2. The second-order valence-corrected chi connectivity index (χ2v) is 10.5. The van der Waals surface area contributed by atoms with Gasteiger partial charge in [0, 0.05) is 50.3 Å². The van der Waals surface area contributed by atoms with Crippen LogP contribution in [0.5, 0.6) is 5.75 Å². The quantitative estimate of drug-likeness (QED) is 0.360. The van der Waals surface area contributed by atoms with Crippen LogP contribution in [-0.4, -0.2) is 59.7 Å².